The number of nitrogens with zero attached hydrogens (tertiary/aromatic N) is 1. The fourth-order valence-corrected chi connectivity index (χ4v) is 3.46. The molecule has 3 rings (SSSR count). The second-order valence-electron chi connectivity index (χ2n) is 6.82. The van der Waals surface area contributed by atoms with Gasteiger partial charge in [-0.2, -0.15) is 0 Å². The number of aryl methyl sites for hydroxylation is 2. The molecule has 1 amide bonds. The number of furan rings is 1. The van der Waals surface area contributed by atoms with Crippen LogP contribution in [0.5, 0.6) is 0 Å². The number of aliphatic hydroxyl groups is 1. The molecule has 2 aromatic rings. The maximum atomic E-state index is 12.9. The van der Waals surface area contributed by atoms with Crippen molar-refractivity contribution in [3.05, 3.63) is 35.1 Å². The lowest BCUT2D eigenvalue weighted by molar-refractivity contribution is -0.000725. The minimum Gasteiger partial charge on any atom is -0.450 e. The summed E-state index contributed by atoms with van der Waals surface area (Å²) >= 11 is 0. The number of hydrogen-bond acceptors (Lipinski definition) is 3. The fourth-order valence-electron chi connectivity index (χ4n) is 3.46. The van der Waals surface area contributed by atoms with Gasteiger partial charge in [0.05, 0.1) is 11.6 Å². The molecule has 2 heterocycles. The van der Waals surface area contributed by atoms with Gasteiger partial charge in [-0.3, -0.25) is 4.79 Å². The van der Waals surface area contributed by atoms with E-state index in [9.17, 15) is 9.90 Å². The molecule has 22 heavy (non-hydrogen) atoms. The van der Waals surface area contributed by atoms with E-state index in [1.54, 1.807) is 18.7 Å². The standard InChI is InChI=1S/C18H23NO3/c1-11-7-5-8-13-12(2)16(22-15(11)13)17(20)19-10-6-9-14(19)18(3,4)21/h5,7-8,14,21H,6,9-10H2,1-4H3. The van der Waals surface area contributed by atoms with E-state index in [-0.39, 0.29) is 11.9 Å². The fraction of sp³-hybridized carbons (Fsp3) is 0.500. The van der Waals surface area contributed by atoms with Gasteiger partial charge in [-0.05, 0) is 46.1 Å². The quantitative estimate of drug-likeness (QED) is 0.924. The summed E-state index contributed by atoms with van der Waals surface area (Å²) in [6, 6.07) is 5.78. The van der Waals surface area contributed by atoms with Crippen LogP contribution in [0.4, 0.5) is 0 Å². The lowest BCUT2D eigenvalue weighted by atomic mass is 9.96. The van der Waals surface area contributed by atoms with E-state index in [0.717, 1.165) is 34.9 Å². The van der Waals surface area contributed by atoms with E-state index in [0.29, 0.717) is 12.3 Å². The Morgan fingerprint density at radius 2 is 2.09 bits per heavy atom. The van der Waals surface area contributed by atoms with Gasteiger partial charge in [0.2, 0.25) is 0 Å². The molecule has 0 saturated carbocycles. The number of amides is 1. The zero-order valence-corrected chi connectivity index (χ0v) is 13.6. The average Bonchev–Trinajstić information content (AvgIpc) is 3.04. The van der Waals surface area contributed by atoms with E-state index in [4.69, 9.17) is 4.42 Å². The van der Waals surface area contributed by atoms with Crippen LogP contribution in [0.15, 0.2) is 22.6 Å². The van der Waals surface area contributed by atoms with Crippen molar-refractivity contribution in [3.63, 3.8) is 0 Å². The molecule has 1 fully saturated rings. The summed E-state index contributed by atoms with van der Waals surface area (Å²) in [4.78, 5) is 14.7. The summed E-state index contributed by atoms with van der Waals surface area (Å²) in [5, 5.41) is 11.3. The molecule has 1 aromatic heterocycles. The molecule has 0 aliphatic carbocycles. The third-order valence-corrected chi connectivity index (χ3v) is 4.68. The first kappa shape index (κ1) is 15.1. The lowest BCUT2D eigenvalue weighted by Gasteiger charge is -2.33. The second kappa shape index (κ2) is 5.13. The number of hydrogen-bond donors (Lipinski definition) is 1. The molecule has 0 radical (unpaired) electrons. The Hall–Kier alpha value is -1.81. The smallest absolute Gasteiger partial charge is 0.290 e. The Morgan fingerprint density at radius 3 is 2.73 bits per heavy atom. The number of likely N-dealkylation sites (tertiary alicyclic amines) is 1. The number of rotatable bonds is 2. The second-order valence-corrected chi connectivity index (χ2v) is 6.82. The highest BCUT2D eigenvalue weighted by molar-refractivity contribution is 5.99. The van der Waals surface area contributed by atoms with Crippen molar-refractivity contribution >= 4 is 16.9 Å². The van der Waals surface area contributed by atoms with Crippen LogP contribution in [0.2, 0.25) is 0 Å². The molecular weight excluding hydrogens is 278 g/mol. The molecule has 1 aliphatic heterocycles. The van der Waals surface area contributed by atoms with Crippen molar-refractivity contribution in [2.24, 2.45) is 0 Å². The summed E-state index contributed by atoms with van der Waals surface area (Å²) in [7, 11) is 0. The van der Waals surface area contributed by atoms with E-state index in [2.05, 4.69) is 0 Å². The van der Waals surface area contributed by atoms with Gasteiger partial charge in [-0.1, -0.05) is 18.2 Å². The minimum absolute atomic E-state index is 0.113. The Balaban J connectivity index is 2.02. The van der Waals surface area contributed by atoms with Crippen LogP contribution in [0.3, 0.4) is 0 Å². The van der Waals surface area contributed by atoms with Crippen molar-refractivity contribution < 1.29 is 14.3 Å². The molecule has 1 aliphatic rings. The zero-order valence-electron chi connectivity index (χ0n) is 13.6. The van der Waals surface area contributed by atoms with Crippen molar-refractivity contribution in [2.75, 3.05) is 6.54 Å². The summed E-state index contributed by atoms with van der Waals surface area (Å²) in [6.45, 7) is 8.10. The summed E-state index contributed by atoms with van der Waals surface area (Å²) < 4.78 is 5.89. The molecule has 1 unspecified atom stereocenters. The van der Waals surface area contributed by atoms with Crippen LogP contribution in [-0.2, 0) is 0 Å². The predicted molar refractivity (Wildman–Crippen MR) is 86.0 cm³/mol. The maximum Gasteiger partial charge on any atom is 0.290 e. The molecule has 1 atom stereocenters. The maximum absolute atomic E-state index is 12.9. The summed E-state index contributed by atoms with van der Waals surface area (Å²) in [5.41, 5.74) is 1.79. The van der Waals surface area contributed by atoms with E-state index < -0.39 is 5.60 Å². The largest absolute Gasteiger partial charge is 0.450 e. The molecule has 118 valence electrons. The summed E-state index contributed by atoms with van der Waals surface area (Å²) in [5.74, 6) is 0.290. The van der Waals surface area contributed by atoms with Crippen molar-refractivity contribution in [2.45, 2.75) is 52.2 Å². The normalized spacial score (nSPS) is 19.1. The van der Waals surface area contributed by atoms with Crippen LogP contribution >= 0.6 is 0 Å². The van der Waals surface area contributed by atoms with E-state index in [1.165, 1.54) is 0 Å². The van der Waals surface area contributed by atoms with Gasteiger partial charge in [0.1, 0.15) is 5.58 Å². The number of para-hydroxylation sites is 1. The minimum atomic E-state index is -0.901. The SMILES string of the molecule is Cc1c(C(=O)N2CCCC2C(C)(C)O)oc2c(C)cccc12. The Labute approximate surface area is 130 Å². The van der Waals surface area contributed by atoms with Gasteiger partial charge in [0, 0.05) is 17.5 Å². The molecule has 1 aromatic carbocycles. The highest BCUT2D eigenvalue weighted by atomic mass is 16.3. The van der Waals surface area contributed by atoms with Gasteiger partial charge in [0.25, 0.3) is 5.91 Å². The molecular formula is C18H23NO3. The highest BCUT2D eigenvalue weighted by Crippen LogP contribution is 2.32. The molecule has 1 N–H and O–H groups in total. The van der Waals surface area contributed by atoms with Gasteiger partial charge >= 0.3 is 0 Å². The van der Waals surface area contributed by atoms with Gasteiger partial charge in [-0.25, -0.2) is 0 Å². The van der Waals surface area contributed by atoms with Crippen LogP contribution in [0.25, 0.3) is 11.0 Å². The molecule has 0 spiro atoms. The Kier molecular flexibility index (Phi) is 3.52. The third-order valence-electron chi connectivity index (χ3n) is 4.68. The van der Waals surface area contributed by atoms with Gasteiger partial charge in [-0.15, -0.1) is 0 Å². The van der Waals surface area contributed by atoms with Crippen molar-refractivity contribution in [1.29, 1.82) is 0 Å². The van der Waals surface area contributed by atoms with Crippen LogP contribution in [0, 0.1) is 13.8 Å². The van der Waals surface area contributed by atoms with Crippen LogP contribution < -0.4 is 0 Å². The van der Waals surface area contributed by atoms with Gasteiger partial charge in [0.15, 0.2) is 5.76 Å². The van der Waals surface area contributed by atoms with Crippen molar-refractivity contribution in [1.82, 2.24) is 4.90 Å². The first-order valence-corrected chi connectivity index (χ1v) is 7.82. The average molecular weight is 301 g/mol. The lowest BCUT2D eigenvalue weighted by Crippen LogP contribution is -2.48. The molecule has 4 nitrogen and oxygen atoms in total. The third kappa shape index (κ3) is 2.31. The monoisotopic (exact) mass is 301 g/mol. The number of fused-ring (bicyclic) bond motifs is 1. The van der Waals surface area contributed by atoms with E-state index >= 15 is 0 Å². The topological polar surface area (TPSA) is 53.7 Å². The van der Waals surface area contributed by atoms with Crippen molar-refractivity contribution in [3.8, 4) is 0 Å². The Morgan fingerprint density at radius 1 is 1.36 bits per heavy atom. The first-order valence-electron chi connectivity index (χ1n) is 7.82. The summed E-state index contributed by atoms with van der Waals surface area (Å²) in [6.07, 6.45) is 1.74. The molecule has 4 heteroatoms. The number of carbonyl (C=O) groups excluding carboxylic acids is 1. The highest BCUT2D eigenvalue weighted by Gasteiger charge is 2.40. The predicted octanol–water partition coefficient (Wildman–Crippen LogP) is 3.43. The Bertz CT molecular complexity index is 724. The molecule has 1 saturated heterocycles. The zero-order chi connectivity index (χ0) is 16.1. The van der Waals surface area contributed by atoms with E-state index in [1.807, 2.05) is 32.0 Å². The van der Waals surface area contributed by atoms with Crippen LogP contribution in [0.1, 0.15) is 48.4 Å². The first-order chi connectivity index (χ1) is 10.3. The number of benzene rings is 1. The van der Waals surface area contributed by atoms with Gasteiger partial charge < -0.3 is 14.4 Å². The number of carbonyl (C=O) groups is 1. The van der Waals surface area contributed by atoms with Crippen LogP contribution in [-0.4, -0.2) is 34.1 Å². The molecule has 0 bridgehead atoms.